The van der Waals surface area contributed by atoms with Crippen molar-refractivity contribution < 1.29 is 153 Å². The average Bonchev–Trinajstić information content (AvgIpc) is 0.725. The predicted octanol–water partition coefficient (Wildman–Crippen LogP) is 17.5. The summed E-state index contributed by atoms with van der Waals surface area (Å²) in [6.07, 6.45) is 0. The highest BCUT2D eigenvalue weighted by Gasteiger charge is 2.41. The zero-order chi connectivity index (χ0) is 89.8. The lowest BCUT2D eigenvalue weighted by Crippen LogP contribution is -2.13. The van der Waals surface area contributed by atoms with Crippen molar-refractivity contribution in [2.45, 2.75) is 0 Å². The molecule has 632 valence electrons. The van der Waals surface area contributed by atoms with E-state index in [1.165, 1.54) is 58.3 Å². The molecule has 0 amide bonds. The second kappa shape index (κ2) is 29.1. The van der Waals surface area contributed by atoms with E-state index in [1.54, 1.807) is 36.4 Å². The van der Waals surface area contributed by atoms with Crippen LogP contribution in [0, 0.1) is 0 Å². The van der Waals surface area contributed by atoms with Crippen LogP contribution in [0.5, 0.6) is 172 Å². The molecule has 34 heteroatoms. The molecule has 126 heavy (non-hydrogen) atoms. The van der Waals surface area contributed by atoms with E-state index < -0.39 is 207 Å². The molecule has 0 atom stereocenters. The van der Waals surface area contributed by atoms with E-state index in [2.05, 4.69) is 0 Å². The van der Waals surface area contributed by atoms with Crippen molar-refractivity contribution in [2.75, 3.05) is 19.6 Å². The van der Waals surface area contributed by atoms with E-state index in [0.717, 1.165) is 33.0 Å². The third kappa shape index (κ3) is 11.7. The molecule has 0 spiro atoms. The van der Waals surface area contributed by atoms with Crippen LogP contribution in [0.3, 0.4) is 0 Å². The topological polar surface area (TPSA) is 620 Å². The maximum atomic E-state index is 11.4. The molecule has 18 rings (SSSR count). The molecule has 30 N–H and O–H groups in total. The van der Waals surface area contributed by atoms with Gasteiger partial charge < -0.3 is 163 Å². The second-order valence-electron chi connectivity index (χ2n) is 28.9. The van der Waals surface area contributed by atoms with Crippen LogP contribution in [0.4, 0.5) is 68.2 Å². The highest BCUT2D eigenvalue weighted by molar-refractivity contribution is 6.30. The van der Waals surface area contributed by atoms with E-state index in [4.69, 9.17) is 0 Å². The summed E-state index contributed by atoms with van der Waals surface area (Å²) in [7, 11) is 0. The predicted molar refractivity (Wildman–Crippen MR) is 460 cm³/mol. The fourth-order valence-corrected chi connectivity index (χ4v) is 16.0. The standard InChI is InChI=1S/C52H36N2O10.C40H28N2O20/c55-43-41(44(56)48(60)51(63)47(43)59)53(33-19-11-29(12-20-33)27-7-3-1-4-8-27)37-25-17-31-16-24-36-38(26-18-32-15-23-35(37)39(31)40(32)36)54(42-45(57)49(61)52(64)50(62)46(42)58)34-21-13-30(14-22-34)28-9-5-2-6-10-28;43-21-17(22(44)30(52)37(59)29(21)51)41(18-23(45)31(53)38(60)32(54)24(18)46)13-8-4-10-2-6-12-14(7-3-9-1-5-11(13)16(10)15(9)12)42(19-25(47)33(55)39(61)34(56)26(19)48)20-27(49)35(57)40(62)36(58)28(20)50/h1-26,55-64H;1-8,43-62H. The molecule has 0 bridgehead atoms. The summed E-state index contributed by atoms with van der Waals surface area (Å²) in [4.78, 5) is 3.93. The monoisotopic (exact) mass is 1700 g/mol. The van der Waals surface area contributed by atoms with Crippen molar-refractivity contribution in [1.82, 2.24) is 0 Å². The Morgan fingerprint density at radius 2 is 0.278 bits per heavy atom. The highest BCUT2D eigenvalue weighted by Crippen LogP contribution is 2.69. The summed E-state index contributed by atoms with van der Waals surface area (Å²) in [6, 6.07) is 59.0. The first-order valence-corrected chi connectivity index (χ1v) is 37.1. The largest absolute Gasteiger partial charge is 0.503 e. The molecule has 0 aliphatic carbocycles. The van der Waals surface area contributed by atoms with E-state index in [0.29, 0.717) is 64.9 Å². The van der Waals surface area contributed by atoms with Crippen molar-refractivity contribution in [3.63, 3.8) is 0 Å². The van der Waals surface area contributed by atoms with Gasteiger partial charge in [0.15, 0.2) is 69.0 Å². The van der Waals surface area contributed by atoms with Crippen LogP contribution < -0.4 is 19.6 Å². The molecular formula is C92H64N4O30. The molecule has 18 aromatic rings. The smallest absolute Gasteiger partial charge is 0.208 e. The lowest BCUT2D eigenvalue weighted by atomic mass is 9.91. The van der Waals surface area contributed by atoms with Gasteiger partial charge in [-0.2, -0.15) is 0 Å². The molecule has 18 aromatic carbocycles. The quantitative estimate of drug-likeness (QED) is 0.0273. The summed E-state index contributed by atoms with van der Waals surface area (Å²) in [5.74, 6) is -38.7. The minimum atomic E-state index is -1.45. The molecule has 0 aliphatic rings. The fourth-order valence-electron chi connectivity index (χ4n) is 16.0. The molecule has 0 saturated carbocycles. The zero-order valence-electron chi connectivity index (χ0n) is 63.8. The van der Waals surface area contributed by atoms with E-state index in [1.807, 2.05) is 121 Å². The molecule has 0 saturated heterocycles. The van der Waals surface area contributed by atoms with Gasteiger partial charge in [0.2, 0.25) is 103 Å². The number of phenolic OH excluding ortho intramolecular Hbond substituents is 30. The van der Waals surface area contributed by atoms with Crippen molar-refractivity contribution in [1.29, 1.82) is 0 Å². The van der Waals surface area contributed by atoms with Crippen LogP contribution >= 0.6 is 0 Å². The summed E-state index contributed by atoms with van der Waals surface area (Å²) in [5, 5.41) is 329. The van der Waals surface area contributed by atoms with Gasteiger partial charge in [-0.1, -0.05) is 158 Å². The van der Waals surface area contributed by atoms with Gasteiger partial charge in [0.25, 0.3) is 0 Å². The first-order chi connectivity index (χ1) is 60.1. The molecule has 0 heterocycles. The number of nitrogens with zero attached hydrogens (tertiary/aromatic N) is 4. The number of rotatable bonds is 14. The zero-order valence-corrected chi connectivity index (χ0v) is 63.8. The third-order valence-corrected chi connectivity index (χ3v) is 22.1. The molecule has 0 radical (unpaired) electrons. The van der Waals surface area contributed by atoms with Gasteiger partial charge in [0.1, 0.15) is 34.1 Å². The third-order valence-electron chi connectivity index (χ3n) is 22.1. The minimum absolute atomic E-state index is 0.0442. The van der Waals surface area contributed by atoms with Crippen molar-refractivity contribution in [2.24, 2.45) is 0 Å². The van der Waals surface area contributed by atoms with E-state index in [9.17, 15) is 153 Å². The Balaban J connectivity index is 0.000000178. The summed E-state index contributed by atoms with van der Waals surface area (Å²) in [6.45, 7) is 0. The van der Waals surface area contributed by atoms with E-state index in [-0.39, 0.29) is 32.9 Å². The van der Waals surface area contributed by atoms with Gasteiger partial charge in [-0.3, -0.25) is 9.80 Å². The lowest BCUT2D eigenvalue weighted by molar-refractivity contribution is 0.326. The second-order valence-corrected chi connectivity index (χ2v) is 28.9. The highest BCUT2D eigenvalue weighted by atomic mass is 16.4. The first kappa shape index (κ1) is 79.7. The van der Waals surface area contributed by atoms with Crippen LogP contribution in [0.1, 0.15) is 0 Å². The Kier molecular flexibility index (Phi) is 18.4. The van der Waals surface area contributed by atoms with Gasteiger partial charge in [0.05, 0.1) is 22.7 Å². The molecule has 0 fully saturated rings. The number of benzene rings is 18. The maximum absolute atomic E-state index is 11.4. The molecular weight excluding hydrogens is 1640 g/mol. The Bertz CT molecular complexity index is 6850. The average molecular weight is 1710 g/mol. The van der Waals surface area contributed by atoms with Crippen LogP contribution in [-0.2, 0) is 0 Å². The number of hydrogen-bond donors (Lipinski definition) is 30. The number of hydrogen-bond acceptors (Lipinski definition) is 34. The van der Waals surface area contributed by atoms with Crippen LogP contribution in [0.25, 0.3) is 86.9 Å². The van der Waals surface area contributed by atoms with Crippen molar-refractivity contribution in [3.8, 4) is 195 Å². The van der Waals surface area contributed by atoms with Crippen LogP contribution in [0.2, 0.25) is 0 Å². The summed E-state index contributed by atoms with van der Waals surface area (Å²) >= 11 is 0. The SMILES string of the molecule is Oc1c(O)c(O)c(N(c2c(O)c(O)c(O)c(O)c2O)c2ccc3ccc4c(N(c5c(O)c(O)c(O)c(O)c5O)c5c(O)c(O)c(O)c(O)c5O)ccc5ccc2c3c54)c(O)c1O.Oc1c(O)c(O)c(N(c2ccc(-c3ccccc3)cc2)c2ccc3ccc4c(N(c5ccc(-c6ccccc6)cc5)c5c(O)c(O)c(O)c(O)c5O)ccc5ccc2c3c54)c(O)c1O. The van der Waals surface area contributed by atoms with Crippen molar-refractivity contribution in [3.05, 3.63) is 206 Å². The Morgan fingerprint density at radius 3 is 0.468 bits per heavy atom. The Labute approximate surface area is 703 Å². The van der Waals surface area contributed by atoms with Crippen molar-refractivity contribution >= 4 is 133 Å². The molecule has 0 unspecified atom stereocenters. The molecule has 34 nitrogen and oxygen atoms in total. The van der Waals surface area contributed by atoms with Gasteiger partial charge in [0, 0.05) is 32.9 Å². The van der Waals surface area contributed by atoms with Gasteiger partial charge in [-0.25, -0.2) is 0 Å². The maximum Gasteiger partial charge on any atom is 0.208 e. The molecule has 0 aromatic heterocycles. The Morgan fingerprint density at radius 1 is 0.127 bits per heavy atom. The van der Waals surface area contributed by atoms with Gasteiger partial charge in [-0.15, -0.1) is 0 Å². The lowest BCUT2D eigenvalue weighted by Gasteiger charge is -2.31. The fraction of sp³-hybridized carbons (Fsp3) is 0. The van der Waals surface area contributed by atoms with Crippen LogP contribution in [-0.4, -0.2) is 153 Å². The Hall–Kier alpha value is -18.8. The summed E-state index contributed by atoms with van der Waals surface area (Å²) < 4.78 is 0. The first-order valence-electron chi connectivity index (χ1n) is 37.1. The van der Waals surface area contributed by atoms with Crippen LogP contribution in [0.15, 0.2) is 206 Å². The normalized spacial score (nSPS) is 11.5. The van der Waals surface area contributed by atoms with Gasteiger partial charge in [-0.05, 0) is 114 Å². The summed E-state index contributed by atoms with van der Waals surface area (Å²) in [5.41, 5.74) is -0.896. The minimum Gasteiger partial charge on any atom is -0.503 e. The number of anilines is 12. The van der Waals surface area contributed by atoms with Gasteiger partial charge >= 0.3 is 0 Å². The number of aromatic hydroxyl groups is 30. The van der Waals surface area contributed by atoms with E-state index >= 15 is 0 Å². The number of phenols is 30. The molecule has 0 aliphatic heterocycles.